The van der Waals surface area contributed by atoms with Crippen LogP contribution in [0.5, 0.6) is 0 Å². The molecule has 1 saturated carbocycles. The van der Waals surface area contributed by atoms with Crippen molar-refractivity contribution in [2.24, 2.45) is 0 Å². The molecule has 2 N–H and O–H groups in total. The minimum atomic E-state index is -0.752. The van der Waals surface area contributed by atoms with E-state index in [-0.39, 0.29) is 0 Å². The molecule has 2 aliphatic rings. The monoisotopic (exact) mass is 297 g/mol. The second-order valence-corrected chi connectivity index (χ2v) is 6.94. The smallest absolute Gasteiger partial charge is 0.323 e. The van der Waals surface area contributed by atoms with E-state index in [4.69, 9.17) is 0 Å². The van der Waals surface area contributed by atoms with Gasteiger partial charge >= 0.3 is 5.97 Å². The van der Waals surface area contributed by atoms with Gasteiger partial charge in [0.05, 0.1) is 0 Å². The highest BCUT2D eigenvalue weighted by Crippen LogP contribution is 2.25. The maximum atomic E-state index is 11.5. The van der Waals surface area contributed by atoms with E-state index in [1.807, 2.05) is 6.92 Å². The van der Waals surface area contributed by atoms with Crippen molar-refractivity contribution in [3.8, 4) is 0 Å². The van der Waals surface area contributed by atoms with Crippen molar-refractivity contribution in [3.63, 3.8) is 0 Å². The number of carbonyl (C=O) groups is 1. The lowest BCUT2D eigenvalue weighted by atomic mass is 9.95. The van der Waals surface area contributed by atoms with E-state index in [0.29, 0.717) is 18.5 Å². The molecule has 0 aromatic heterocycles. The minimum absolute atomic E-state index is 0.430. The number of hydrogen-bond acceptors (Lipinski definition) is 4. The standard InChI is InChI=1S/C16H31N3O2/c1-4-19-11-10-18(12-13(19)2)9-5-8-16(3,15(20)21)17-14-6-7-14/h13-14,17H,4-12H2,1-3H3,(H,20,21). The molecule has 2 unspecified atom stereocenters. The lowest BCUT2D eigenvalue weighted by Gasteiger charge is -2.39. The molecule has 2 rings (SSSR count). The van der Waals surface area contributed by atoms with Gasteiger partial charge in [-0.25, -0.2) is 0 Å². The topological polar surface area (TPSA) is 55.8 Å². The van der Waals surface area contributed by atoms with Gasteiger partial charge in [-0.05, 0) is 52.6 Å². The van der Waals surface area contributed by atoms with Crippen LogP contribution in [-0.4, -0.2) is 71.2 Å². The van der Waals surface area contributed by atoms with E-state index in [9.17, 15) is 9.90 Å². The fourth-order valence-corrected chi connectivity index (χ4v) is 3.32. The summed E-state index contributed by atoms with van der Waals surface area (Å²) in [6.45, 7) is 11.8. The summed E-state index contributed by atoms with van der Waals surface area (Å²) in [5.41, 5.74) is -0.752. The number of hydrogen-bond donors (Lipinski definition) is 2. The van der Waals surface area contributed by atoms with Crippen LogP contribution in [0.25, 0.3) is 0 Å². The summed E-state index contributed by atoms with van der Waals surface area (Å²) >= 11 is 0. The first-order valence-electron chi connectivity index (χ1n) is 8.42. The van der Waals surface area contributed by atoms with Crippen molar-refractivity contribution in [1.29, 1.82) is 0 Å². The van der Waals surface area contributed by atoms with Crippen molar-refractivity contribution in [2.45, 2.75) is 64.1 Å². The second-order valence-electron chi connectivity index (χ2n) is 6.94. The number of nitrogens with zero attached hydrogens (tertiary/aromatic N) is 2. The van der Waals surface area contributed by atoms with Gasteiger partial charge in [-0.1, -0.05) is 6.92 Å². The van der Waals surface area contributed by atoms with Gasteiger partial charge in [0, 0.05) is 31.7 Å². The normalized spacial score (nSPS) is 27.5. The average molecular weight is 297 g/mol. The van der Waals surface area contributed by atoms with Crippen molar-refractivity contribution in [3.05, 3.63) is 0 Å². The van der Waals surface area contributed by atoms with Crippen LogP contribution in [0, 0.1) is 0 Å². The Labute approximate surface area is 128 Å². The summed E-state index contributed by atoms with van der Waals surface area (Å²) in [7, 11) is 0. The number of likely N-dealkylation sites (N-methyl/N-ethyl adjacent to an activating group) is 1. The van der Waals surface area contributed by atoms with Crippen LogP contribution in [-0.2, 0) is 4.79 Å². The van der Waals surface area contributed by atoms with Crippen LogP contribution in [0.4, 0.5) is 0 Å². The van der Waals surface area contributed by atoms with Crippen molar-refractivity contribution < 1.29 is 9.90 Å². The maximum absolute atomic E-state index is 11.5. The van der Waals surface area contributed by atoms with Crippen molar-refractivity contribution in [2.75, 3.05) is 32.7 Å². The maximum Gasteiger partial charge on any atom is 0.323 e. The zero-order valence-electron chi connectivity index (χ0n) is 13.8. The Morgan fingerprint density at radius 1 is 1.38 bits per heavy atom. The molecule has 5 nitrogen and oxygen atoms in total. The molecule has 122 valence electrons. The first-order valence-corrected chi connectivity index (χ1v) is 8.42. The molecule has 5 heteroatoms. The fourth-order valence-electron chi connectivity index (χ4n) is 3.32. The summed E-state index contributed by atoms with van der Waals surface area (Å²) in [4.78, 5) is 16.5. The molecule has 1 aliphatic carbocycles. The first-order chi connectivity index (χ1) is 9.94. The quantitative estimate of drug-likeness (QED) is 0.709. The Balaban J connectivity index is 1.73. The van der Waals surface area contributed by atoms with Crippen LogP contribution in [0.15, 0.2) is 0 Å². The highest BCUT2D eigenvalue weighted by atomic mass is 16.4. The summed E-state index contributed by atoms with van der Waals surface area (Å²) < 4.78 is 0. The molecule has 2 fully saturated rings. The van der Waals surface area contributed by atoms with Gasteiger partial charge in [0.1, 0.15) is 5.54 Å². The van der Waals surface area contributed by atoms with E-state index in [1.54, 1.807) is 0 Å². The van der Waals surface area contributed by atoms with Crippen LogP contribution < -0.4 is 5.32 Å². The number of aliphatic carboxylic acids is 1. The zero-order valence-corrected chi connectivity index (χ0v) is 13.8. The molecule has 1 heterocycles. The van der Waals surface area contributed by atoms with E-state index in [1.165, 1.54) is 0 Å². The van der Waals surface area contributed by atoms with Gasteiger partial charge in [-0.3, -0.25) is 15.0 Å². The van der Waals surface area contributed by atoms with Crippen molar-refractivity contribution in [1.82, 2.24) is 15.1 Å². The highest BCUT2D eigenvalue weighted by Gasteiger charge is 2.38. The number of rotatable bonds is 8. The predicted octanol–water partition coefficient (Wildman–Crippen LogP) is 1.39. The third kappa shape index (κ3) is 4.66. The SMILES string of the molecule is CCN1CCN(CCCC(C)(NC2CC2)C(=O)O)CC1C. The third-order valence-corrected chi connectivity index (χ3v) is 4.98. The molecule has 0 bridgehead atoms. The van der Waals surface area contributed by atoms with Gasteiger partial charge in [0.15, 0.2) is 0 Å². The third-order valence-electron chi connectivity index (χ3n) is 4.98. The Morgan fingerprint density at radius 2 is 2.10 bits per heavy atom. The van der Waals surface area contributed by atoms with Crippen LogP contribution >= 0.6 is 0 Å². The van der Waals surface area contributed by atoms with Crippen LogP contribution in [0.1, 0.15) is 46.5 Å². The molecule has 0 aromatic carbocycles. The summed E-state index contributed by atoms with van der Waals surface area (Å²) in [6, 6.07) is 1.04. The molecule has 2 atom stereocenters. The molecular formula is C16H31N3O2. The summed E-state index contributed by atoms with van der Waals surface area (Å²) in [5, 5.41) is 12.8. The predicted molar refractivity (Wildman–Crippen MR) is 84.6 cm³/mol. The van der Waals surface area contributed by atoms with Gasteiger partial charge in [-0.2, -0.15) is 0 Å². The van der Waals surface area contributed by atoms with Gasteiger partial charge < -0.3 is 10.0 Å². The first kappa shape index (κ1) is 16.7. The lowest BCUT2D eigenvalue weighted by Crippen LogP contribution is -2.53. The summed E-state index contributed by atoms with van der Waals surface area (Å²) in [6.07, 6.45) is 3.90. The number of carboxylic acids is 1. The number of carboxylic acid groups (broad SMARTS) is 1. The number of piperazine rings is 1. The fraction of sp³-hybridized carbons (Fsp3) is 0.938. The Hall–Kier alpha value is -0.650. The zero-order chi connectivity index (χ0) is 15.5. The molecular weight excluding hydrogens is 266 g/mol. The van der Waals surface area contributed by atoms with Gasteiger partial charge in [-0.15, -0.1) is 0 Å². The van der Waals surface area contributed by atoms with Crippen molar-refractivity contribution >= 4 is 5.97 Å². The molecule has 0 aromatic rings. The average Bonchev–Trinajstić information content (AvgIpc) is 3.22. The summed E-state index contributed by atoms with van der Waals surface area (Å²) in [5.74, 6) is -0.710. The minimum Gasteiger partial charge on any atom is -0.480 e. The number of nitrogens with one attached hydrogen (secondary N) is 1. The largest absolute Gasteiger partial charge is 0.480 e. The van der Waals surface area contributed by atoms with Gasteiger partial charge in [0.2, 0.25) is 0 Å². The van der Waals surface area contributed by atoms with E-state index >= 15 is 0 Å². The Bertz CT molecular complexity index is 359. The Kier molecular flexibility index (Phi) is 5.63. The van der Waals surface area contributed by atoms with Crippen LogP contribution in [0.3, 0.4) is 0 Å². The molecule has 1 saturated heterocycles. The highest BCUT2D eigenvalue weighted by molar-refractivity contribution is 5.78. The second kappa shape index (κ2) is 7.07. The molecule has 21 heavy (non-hydrogen) atoms. The molecule has 1 aliphatic heterocycles. The molecule has 0 spiro atoms. The lowest BCUT2D eigenvalue weighted by molar-refractivity contribution is -0.144. The van der Waals surface area contributed by atoms with E-state index < -0.39 is 11.5 Å². The molecule has 0 radical (unpaired) electrons. The van der Waals surface area contributed by atoms with E-state index in [0.717, 1.165) is 52.0 Å². The van der Waals surface area contributed by atoms with Gasteiger partial charge in [0.25, 0.3) is 0 Å². The Morgan fingerprint density at radius 3 is 2.62 bits per heavy atom. The van der Waals surface area contributed by atoms with Crippen LogP contribution in [0.2, 0.25) is 0 Å². The molecule has 0 amide bonds. The van der Waals surface area contributed by atoms with E-state index in [2.05, 4.69) is 29.0 Å².